The molecule has 0 bridgehead atoms. The van der Waals surface area contributed by atoms with Crippen LogP contribution in [-0.2, 0) is 9.59 Å². The van der Waals surface area contributed by atoms with Crippen LogP contribution in [0.25, 0.3) is 33.4 Å². The van der Waals surface area contributed by atoms with E-state index in [-0.39, 0.29) is 5.91 Å². The number of hydrogen-bond acceptors (Lipinski definition) is 9. The average molecular weight is 615 g/mol. The molecule has 2 aromatic heterocycles. The molecular weight excluding hydrogens is 580 g/mol. The van der Waals surface area contributed by atoms with Crippen molar-refractivity contribution < 1.29 is 38.6 Å². The second-order valence-electron chi connectivity index (χ2n) is 10.5. The van der Waals surface area contributed by atoms with Gasteiger partial charge in [-0.25, -0.2) is 9.59 Å². The van der Waals surface area contributed by atoms with E-state index in [9.17, 15) is 4.79 Å². The molecule has 5 rings (SSSR count). The molecule has 0 amide bonds. The van der Waals surface area contributed by atoms with Gasteiger partial charge in [0, 0.05) is 41.7 Å². The van der Waals surface area contributed by atoms with Gasteiger partial charge in [0.2, 0.25) is 11.7 Å². The van der Waals surface area contributed by atoms with E-state index < -0.39 is 11.9 Å². The van der Waals surface area contributed by atoms with Crippen molar-refractivity contribution in [2.75, 3.05) is 34.4 Å². The van der Waals surface area contributed by atoms with Crippen molar-refractivity contribution in [3.8, 4) is 34.0 Å². The van der Waals surface area contributed by atoms with Crippen molar-refractivity contribution in [3.05, 3.63) is 83.4 Å². The molecule has 0 atom stereocenters. The zero-order valence-electron chi connectivity index (χ0n) is 25.8. The van der Waals surface area contributed by atoms with Gasteiger partial charge in [0.15, 0.2) is 11.5 Å². The van der Waals surface area contributed by atoms with Gasteiger partial charge in [0.25, 0.3) is 5.91 Å². The number of carbonyl (C=O) groups is 3. The molecule has 12 heteroatoms. The Kier molecular flexibility index (Phi) is 9.99. The molecule has 0 unspecified atom stereocenters. The van der Waals surface area contributed by atoms with E-state index in [2.05, 4.69) is 15.0 Å². The molecular formula is C33H34N4O8. The molecule has 3 aromatic carbocycles. The van der Waals surface area contributed by atoms with E-state index in [4.69, 9.17) is 33.8 Å². The molecule has 0 aliphatic heterocycles. The first-order valence-corrected chi connectivity index (χ1v) is 13.9. The van der Waals surface area contributed by atoms with Gasteiger partial charge in [-0.05, 0) is 75.0 Å². The average Bonchev–Trinajstić information content (AvgIpc) is 3.58. The lowest BCUT2D eigenvalue weighted by atomic mass is 9.97. The third kappa shape index (κ3) is 7.54. The van der Waals surface area contributed by atoms with Crippen LogP contribution in [-0.4, -0.2) is 82.0 Å². The van der Waals surface area contributed by atoms with Gasteiger partial charge in [0.05, 0.1) is 12.6 Å². The Morgan fingerprint density at radius 2 is 1.56 bits per heavy atom. The number of aromatic nitrogens is 3. The lowest BCUT2D eigenvalue weighted by molar-refractivity contribution is -0.159. The van der Waals surface area contributed by atoms with Crippen LogP contribution in [0.1, 0.15) is 27.5 Å². The quantitative estimate of drug-likeness (QED) is 0.225. The van der Waals surface area contributed by atoms with E-state index in [1.165, 1.54) is 0 Å². The number of methoxy groups -OCH3 is 1. The molecule has 5 aromatic rings. The molecule has 0 saturated heterocycles. The van der Waals surface area contributed by atoms with E-state index in [0.29, 0.717) is 35.4 Å². The highest BCUT2D eigenvalue weighted by atomic mass is 16.5. The van der Waals surface area contributed by atoms with E-state index in [1.54, 1.807) is 18.6 Å². The summed E-state index contributed by atoms with van der Waals surface area (Å²) in [7, 11) is 5.61. The van der Waals surface area contributed by atoms with Crippen molar-refractivity contribution in [1.29, 1.82) is 0 Å². The number of hydrogen-bond donors (Lipinski definition) is 2. The zero-order valence-corrected chi connectivity index (χ0v) is 25.8. The van der Waals surface area contributed by atoms with Crippen LogP contribution in [0.5, 0.6) is 11.5 Å². The zero-order chi connectivity index (χ0) is 32.8. The summed E-state index contributed by atoms with van der Waals surface area (Å²) in [5.74, 6) is -1.38. The molecule has 0 aliphatic carbocycles. The third-order valence-corrected chi connectivity index (χ3v) is 6.91. The van der Waals surface area contributed by atoms with Gasteiger partial charge in [-0.3, -0.25) is 9.36 Å². The fraction of sp³-hybridized carbons (Fsp3) is 0.242. The number of carboxylic acid groups (broad SMARTS) is 2. The number of ether oxygens (including phenoxy) is 2. The van der Waals surface area contributed by atoms with Crippen molar-refractivity contribution in [2.45, 2.75) is 20.8 Å². The van der Waals surface area contributed by atoms with Crippen LogP contribution in [0.4, 0.5) is 0 Å². The maximum absolute atomic E-state index is 13.7. The minimum atomic E-state index is -1.82. The Bertz CT molecular complexity index is 1840. The molecule has 0 fully saturated rings. The van der Waals surface area contributed by atoms with Gasteiger partial charge in [0.1, 0.15) is 6.61 Å². The number of aliphatic carboxylic acids is 2. The number of benzene rings is 3. The Morgan fingerprint density at radius 3 is 2.11 bits per heavy atom. The lowest BCUT2D eigenvalue weighted by Gasteiger charge is -2.14. The summed E-state index contributed by atoms with van der Waals surface area (Å²) in [6.07, 6.45) is 0. The van der Waals surface area contributed by atoms with Crippen LogP contribution >= 0.6 is 0 Å². The van der Waals surface area contributed by atoms with Crippen LogP contribution < -0.4 is 9.47 Å². The van der Waals surface area contributed by atoms with Crippen molar-refractivity contribution in [1.82, 2.24) is 19.6 Å². The molecule has 0 radical (unpaired) electrons. The summed E-state index contributed by atoms with van der Waals surface area (Å²) in [5, 5.41) is 19.7. The monoisotopic (exact) mass is 614 g/mol. The van der Waals surface area contributed by atoms with E-state index in [0.717, 1.165) is 45.4 Å². The fourth-order valence-electron chi connectivity index (χ4n) is 4.70. The number of fused-ring (bicyclic) bond motifs is 1. The number of rotatable bonds is 8. The highest BCUT2D eigenvalue weighted by Gasteiger charge is 2.18. The van der Waals surface area contributed by atoms with Crippen LogP contribution in [0, 0.1) is 20.8 Å². The summed E-state index contributed by atoms with van der Waals surface area (Å²) in [6, 6.07) is 19.6. The minimum absolute atomic E-state index is 0.0991. The SMILES string of the molecule is COc1cc2cc(C)n(C(=O)c3ccc(-c4ccc(-c5noc(C)n5)cc4C)cc3)c2cc1OCCN(C)C.O=C(O)C(=O)O. The highest BCUT2D eigenvalue weighted by Crippen LogP contribution is 2.35. The second kappa shape index (κ2) is 13.9. The maximum Gasteiger partial charge on any atom is 0.414 e. The Hall–Kier alpha value is -5.49. The summed E-state index contributed by atoms with van der Waals surface area (Å²) < 4.78 is 18.4. The van der Waals surface area contributed by atoms with Crippen molar-refractivity contribution in [3.63, 3.8) is 0 Å². The van der Waals surface area contributed by atoms with Crippen LogP contribution in [0.3, 0.4) is 0 Å². The predicted molar refractivity (Wildman–Crippen MR) is 167 cm³/mol. The number of likely N-dealkylation sites (N-methyl/N-ethyl adjacent to an activating group) is 1. The number of carboxylic acids is 2. The van der Waals surface area contributed by atoms with Crippen LogP contribution in [0.15, 0.2) is 65.2 Å². The number of nitrogens with zero attached hydrogens (tertiary/aromatic N) is 4. The van der Waals surface area contributed by atoms with Crippen molar-refractivity contribution in [2.24, 2.45) is 0 Å². The second-order valence-corrected chi connectivity index (χ2v) is 10.5. The van der Waals surface area contributed by atoms with Gasteiger partial charge in [-0.15, -0.1) is 0 Å². The van der Waals surface area contributed by atoms with Gasteiger partial charge in [-0.2, -0.15) is 4.98 Å². The molecule has 0 saturated carbocycles. The molecule has 0 aliphatic rings. The fourth-order valence-corrected chi connectivity index (χ4v) is 4.70. The maximum atomic E-state index is 13.7. The largest absolute Gasteiger partial charge is 0.493 e. The summed E-state index contributed by atoms with van der Waals surface area (Å²) in [4.78, 5) is 38.3. The number of aryl methyl sites for hydroxylation is 3. The normalized spacial score (nSPS) is 10.8. The standard InChI is InChI=1S/C31H32N4O4.C2H2O4/c1-19-15-24(30-32-21(3)39-33-30)11-12-26(19)22-7-9-23(10-8-22)31(36)35-20(2)16-25-17-28(37-6)29(18-27(25)35)38-14-13-34(4)5;3-1(4)2(5)6/h7-12,15-18H,13-14H2,1-6H3;(H,3,4)(H,5,6). The summed E-state index contributed by atoms with van der Waals surface area (Å²) in [6.45, 7) is 7.03. The van der Waals surface area contributed by atoms with E-state index in [1.807, 2.05) is 88.6 Å². The topological polar surface area (TPSA) is 157 Å². The first kappa shape index (κ1) is 32.4. The molecule has 234 valence electrons. The lowest BCUT2D eigenvalue weighted by Crippen LogP contribution is -2.19. The first-order valence-electron chi connectivity index (χ1n) is 13.9. The summed E-state index contributed by atoms with van der Waals surface area (Å²) >= 11 is 0. The first-order chi connectivity index (χ1) is 21.4. The smallest absolute Gasteiger partial charge is 0.414 e. The summed E-state index contributed by atoms with van der Waals surface area (Å²) in [5.41, 5.74) is 6.30. The van der Waals surface area contributed by atoms with Gasteiger partial charge in [-0.1, -0.05) is 29.4 Å². The minimum Gasteiger partial charge on any atom is -0.493 e. The molecule has 45 heavy (non-hydrogen) atoms. The highest BCUT2D eigenvalue weighted by molar-refractivity contribution is 6.27. The molecule has 2 N–H and O–H groups in total. The van der Waals surface area contributed by atoms with Gasteiger partial charge < -0.3 is 29.1 Å². The van der Waals surface area contributed by atoms with Crippen molar-refractivity contribution >= 4 is 28.7 Å². The van der Waals surface area contributed by atoms with E-state index >= 15 is 0 Å². The number of carbonyl (C=O) groups excluding carboxylic acids is 1. The Labute approximate surface area is 259 Å². The van der Waals surface area contributed by atoms with Gasteiger partial charge >= 0.3 is 11.9 Å². The Balaban J connectivity index is 0.000000700. The molecule has 2 heterocycles. The molecule has 0 spiro atoms. The Morgan fingerprint density at radius 1 is 0.889 bits per heavy atom. The third-order valence-electron chi connectivity index (χ3n) is 6.91. The molecule has 12 nitrogen and oxygen atoms in total. The van der Waals surface area contributed by atoms with Crippen LogP contribution in [0.2, 0.25) is 0 Å². The predicted octanol–water partition coefficient (Wildman–Crippen LogP) is 5.08.